The largest absolute Gasteiger partial charge is 0.459 e. The first-order valence-corrected chi connectivity index (χ1v) is 6.17. The van der Waals surface area contributed by atoms with Crippen molar-refractivity contribution in [3.8, 4) is 0 Å². The van der Waals surface area contributed by atoms with E-state index in [4.69, 9.17) is 4.42 Å². The molecule has 2 aromatic rings. The number of aromatic nitrogens is 1. The third-order valence-electron chi connectivity index (χ3n) is 3.04. The van der Waals surface area contributed by atoms with Crippen LogP contribution in [0.3, 0.4) is 0 Å². The van der Waals surface area contributed by atoms with Crippen LogP contribution in [-0.4, -0.2) is 16.7 Å². The van der Waals surface area contributed by atoms with E-state index in [1.54, 1.807) is 18.3 Å². The maximum atomic E-state index is 11.6. The molecule has 0 atom stereocenters. The number of rotatable bonds is 4. The van der Waals surface area contributed by atoms with Crippen molar-refractivity contribution in [3.63, 3.8) is 0 Å². The van der Waals surface area contributed by atoms with Gasteiger partial charge in [0.1, 0.15) is 0 Å². The van der Waals surface area contributed by atoms with E-state index in [1.807, 2.05) is 13.0 Å². The second kappa shape index (κ2) is 5.56. The van der Waals surface area contributed by atoms with Crippen LogP contribution in [0, 0.1) is 13.8 Å². The van der Waals surface area contributed by atoms with Gasteiger partial charge in [0.05, 0.1) is 12.5 Å². The molecule has 1 N–H and O–H groups in total. The van der Waals surface area contributed by atoms with Crippen molar-refractivity contribution in [2.75, 3.05) is 0 Å². The molecule has 0 aromatic carbocycles. The molecule has 0 fully saturated rings. The monoisotopic (exact) mass is 259 g/mol. The highest BCUT2D eigenvalue weighted by Crippen LogP contribution is 2.12. The summed E-state index contributed by atoms with van der Waals surface area (Å²) in [5.74, 6) is -0.110. The van der Waals surface area contributed by atoms with Crippen molar-refractivity contribution in [1.29, 1.82) is 0 Å². The first kappa shape index (κ1) is 13.1. The summed E-state index contributed by atoms with van der Waals surface area (Å²) in [5, 5.41) is 3.95. The van der Waals surface area contributed by atoms with Crippen molar-refractivity contribution in [3.05, 3.63) is 47.2 Å². The highest BCUT2D eigenvalue weighted by Gasteiger charge is 2.07. The van der Waals surface area contributed by atoms with E-state index in [9.17, 15) is 4.79 Å². The average Bonchev–Trinajstić information content (AvgIpc) is 2.99. The fourth-order valence-corrected chi connectivity index (χ4v) is 2.07. The van der Waals surface area contributed by atoms with Crippen LogP contribution in [0.4, 0.5) is 0 Å². The second-order valence-corrected chi connectivity index (χ2v) is 4.25. The molecule has 0 saturated carbocycles. The van der Waals surface area contributed by atoms with Crippen molar-refractivity contribution in [2.24, 2.45) is 5.10 Å². The molecule has 0 radical (unpaired) electrons. The molecule has 2 aromatic heterocycles. The first-order chi connectivity index (χ1) is 9.13. The number of furan rings is 1. The molecule has 2 rings (SSSR count). The lowest BCUT2D eigenvalue weighted by Gasteiger charge is -2.04. The summed E-state index contributed by atoms with van der Waals surface area (Å²) < 4.78 is 7.16. The Hall–Kier alpha value is -2.30. The van der Waals surface area contributed by atoms with Crippen LogP contribution in [0.5, 0.6) is 0 Å². The lowest BCUT2D eigenvalue weighted by Crippen LogP contribution is -2.16. The number of nitrogens with one attached hydrogen (secondary N) is 1. The molecule has 0 aliphatic rings. The SMILES string of the molecule is CCn1c(C)cc(/C=N/NC(=O)c2ccco2)c1C. The molecule has 0 saturated heterocycles. The molecule has 1 amide bonds. The van der Waals surface area contributed by atoms with Gasteiger partial charge in [0.25, 0.3) is 0 Å². The molecule has 0 unspecified atom stereocenters. The number of carbonyl (C=O) groups excluding carboxylic acids is 1. The van der Waals surface area contributed by atoms with Crippen LogP contribution in [-0.2, 0) is 6.54 Å². The van der Waals surface area contributed by atoms with Crippen molar-refractivity contribution >= 4 is 12.1 Å². The summed E-state index contributed by atoms with van der Waals surface area (Å²) in [6.07, 6.45) is 3.10. The standard InChI is InChI=1S/C14H17N3O2/c1-4-17-10(2)8-12(11(17)3)9-15-16-14(18)13-6-5-7-19-13/h5-9H,4H2,1-3H3,(H,16,18)/b15-9+. The fourth-order valence-electron chi connectivity index (χ4n) is 2.07. The zero-order valence-corrected chi connectivity index (χ0v) is 11.3. The Labute approximate surface area is 111 Å². The van der Waals surface area contributed by atoms with Gasteiger partial charge in [-0.15, -0.1) is 0 Å². The van der Waals surface area contributed by atoms with Gasteiger partial charge in [-0.1, -0.05) is 0 Å². The highest BCUT2D eigenvalue weighted by atomic mass is 16.3. The number of hydrogen-bond acceptors (Lipinski definition) is 3. The Morgan fingerprint density at radius 2 is 2.32 bits per heavy atom. The Balaban J connectivity index is 2.05. The quantitative estimate of drug-likeness (QED) is 0.677. The van der Waals surface area contributed by atoms with E-state index in [1.165, 1.54) is 12.0 Å². The number of nitrogens with zero attached hydrogens (tertiary/aromatic N) is 2. The van der Waals surface area contributed by atoms with Crippen LogP contribution in [0.1, 0.15) is 34.4 Å². The first-order valence-electron chi connectivity index (χ1n) is 6.17. The zero-order chi connectivity index (χ0) is 13.8. The molecule has 5 heteroatoms. The highest BCUT2D eigenvalue weighted by molar-refractivity contribution is 5.92. The minimum atomic E-state index is -0.356. The molecule has 0 aliphatic carbocycles. The van der Waals surface area contributed by atoms with Crippen LogP contribution < -0.4 is 5.43 Å². The van der Waals surface area contributed by atoms with Crippen molar-refractivity contribution in [1.82, 2.24) is 9.99 Å². The molecule has 2 heterocycles. The van der Waals surface area contributed by atoms with E-state index in [0.29, 0.717) is 0 Å². The fraction of sp³-hybridized carbons (Fsp3) is 0.286. The Morgan fingerprint density at radius 1 is 1.53 bits per heavy atom. The van der Waals surface area contributed by atoms with Gasteiger partial charge in [-0.2, -0.15) is 5.10 Å². The summed E-state index contributed by atoms with van der Waals surface area (Å²) in [6.45, 7) is 7.10. The molecule has 100 valence electrons. The Bertz CT molecular complexity index is 594. The lowest BCUT2D eigenvalue weighted by molar-refractivity contribution is 0.0927. The molecular weight excluding hydrogens is 242 g/mol. The van der Waals surface area contributed by atoms with Crippen LogP contribution in [0.15, 0.2) is 34.0 Å². The van der Waals surface area contributed by atoms with Gasteiger partial charge >= 0.3 is 5.91 Å². The molecule has 19 heavy (non-hydrogen) atoms. The van der Waals surface area contributed by atoms with Gasteiger partial charge in [-0.05, 0) is 39.0 Å². The van der Waals surface area contributed by atoms with Gasteiger partial charge in [0.15, 0.2) is 5.76 Å². The molecule has 5 nitrogen and oxygen atoms in total. The number of hydrogen-bond donors (Lipinski definition) is 1. The number of amides is 1. The van der Waals surface area contributed by atoms with E-state index in [2.05, 4.69) is 28.9 Å². The average molecular weight is 259 g/mol. The third kappa shape index (κ3) is 2.76. The topological polar surface area (TPSA) is 59.5 Å². The van der Waals surface area contributed by atoms with E-state index in [-0.39, 0.29) is 11.7 Å². The molecule has 0 spiro atoms. The minimum Gasteiger partial charge on any atom is -0.459 e. The maximum absolute atomic E-state index is 11.6. The summed E-state index contributed by atoms with van der Waals surface area (Å²) in [7, 11) is 0. The number of aryl methyl sites for hydroxylation is 1. The van der Waals surface area contributed by atoms with Crippen LogP contribution in [0.25, 0.3) is 0 Å². The van der Waals surface area contributed by atoms with Crippen molar-refractivity contribution < 1.29 is 9.21 Å². The number of hydrazone groups is 1. The molecule has 0 aliphatic heterocycles. The van der Waals surface area contributed by atoms with E-state index < -0.39 is 0 Å². The normalized spacial score (nSPS) is 11.1. The van der Waals surface area contributed by atoms with Gasteiger partial charge < -0.3 is 8.98 Å². The second-order valence-electron chi connectivity index (χ2n) is 4.25. The summed E-state index contributed by atoms with van der Waals surface area (Å²) in [4.78, 5) is 11.6. The lowest BCUT2D eigenvalue weighted by atomic mass is 10.3. The van der Waals surface area contributed by atoms with Gasteiger partial charge in [-0.25, -0.2) is 5.43 Å². The van der Waals surface area contributed by atoms with E-state index >= 15 is 0 Å². The van der Waals surface area contributed by atoms with Crippen LogP contribution >= 0.6 is 0 Å². The van der Waals surface area contributed by atoms with Gasteiger partial charge in [0.2, 0.25) is 0 Å². The summed E-state index contributed by atoms with van der Waals surface area (Å²) in [6, 6.07) is 5.29. The van der Waals surface area contributed by atoms with E-state index in [0.717, 1.165) is 17.8 Å². The Morgan fingerprint density at radius 3 is 2.89 bits per heavy atom. The predicted molar refractivity (Wildman–Crippen MR) is 73.3 cm³/mol. The summed E-state index contributed by atoms with van der Waals surface area (Å²) >= 11 is 0. The zero-order valence-electron chi connectivity index (χ0n) is 11.3. The summed E-state index contributed by atoms with van der Waals surface area (Å²) in [5.41, 5.74) is 5.75. The third-order valence-corrected chi connectivity index (χ3v) is 3.04. The molecule has 0 bridgehead atoms. The van der Waals surface area contributed by atoms with Gasteiger partial charge in [-0.3, -0.25) is 4.79 Å². The smallest absolute Gasteiger partial charge is 0.307 e. The molecular formula is C14H17N3O2. The number of carbonyl (C=O) groups is 1. The van der Waals surface area contributed by atoms with Crippen molar-refractivity contribution in [2.45, 2.75) is 27.3 Å². The predicted octanol–water partition coefficient (Wildman–Crippen LogP) is 2.48. The Kier molecular flexibility index (Phi) is 3.85. The minimum absolute atomic E-state index is 0.246. The van der Waals surface area contributed by atoms with Gasteiger partial charge in [0, 0.05) is 23.5 Å². The van der Waals surface area contributed by atoms with Crippen LogP contribution in [0.2, 0.25) is 0 Å². The maximum Gasteiger partial charge on any atom is 0.307 e.